The molecule has 1 fully saturated rings. The summed E-state index contributed by atoms with van der Waals surface area (Å²) in [5.74, 6) is 0. The monoisotopic (exact) mass is 830 g/mol. The van der Waals surface area contributed by atoms with Crippen molar-refractivity contribution in [2.24, 2.45) is 0 Å². The van der Waals surface area contributed by atoms with Crippen LogP contribution in [-0.4, -0.2) is 48.5 Å². The predicted molar refractivity (Wildman–Crippen MR) is 227 cm³/mol. The molecule has 6 atom stereocenters. The molecule has 0 saturated carbocycles. The minimum absolute atomic E-state index is 0.0746. The second-order valence-corrected chi connectivity index (χ2v) is 16.0. The first-order valence-electron chi connectivity index (χ1n) is 20.1. The van der Waals surface area contributed by atoms with Gasteiger partial charge in [0.05, 0.1) is 46.2 Å². The van der Waals surface area contributed by atoms with Crippen LogP contribution in [-0.2, 0) is 81.5 Å². The van der Waals surface area contributed by atoms with Gasteiger partial charge in [-0.05, 0) is 33.4 Å². The molecule has 0 radical (unpaired) electrons. The zero-order chi connectivity index (χ0) is 41.2. The molecule has 0 aliphatic carbocycles. The highest BCUT2D eigenvalue weighted by Crippen LogP contribution is 2.54. The lowest BCUT2D eigenvalue weighted by atomic mass is 9.94. The molecule has 1 aliphatic heterocycles. The van der Waals surface area contributed by atoms with Crippen molar-refractivity contribution < 1.29 is 46.9 Å². The largest absolute Gasteiger partial charge is 0.477 e. The van der Waals surface area contributed by atoms with Crippen LogP contribution >= 0.6 is 7.82 Å². The van der Waals surface area contributed by atoms with Crippen molar-refractivity contribution in [2.75, 3.05) is 6.61 Å². The highest BCUT2D eigenvalue weighted by Gasteiger charge is 2.54. The van der Waals surface area contributed by atoms with Gasteiger partial charge in [0.15, 0.2) is 6.29 Å². The first-order chi connectivity index (χ1) is 29.5. The quantitative estimate of drug-likeness (QED) is 0.0665. The number of aliphatic hydroxyl groups excluding tert-OH is 1. The number of rotatable bonds is 22. The summed E-state index contributed by atoms with van der Waals surface area (Å²) < 4.78 is 67.3. The molecule has 11 heteroatoms. The summed E-state index contributed by atoms with van der Waals surface area (Å²) in [6.45, 7) is 0.0632. The maximum atomic E-state index is 15.0. The van der Waals surface area contributed by atoms with Gasteiger partial charge in [0.1, 0.15) is 30.5 Å². The Morgan fingerprint density at radius 1 is 0.450 bits per heavy atom. The van der Waals surface area contributed by atoms with E-state index in [-0.39, 0.29) is 39.6 Å². The minimum Gasteiger partial charge on any atom is -0.394 e. The third-order valence-corrected chi connectivity index (χ3v) is 11.3. The lowest BCUT2D eigenvalue weighted by Crippen LogP contribution is -2.64. The minimum atomic E-state index is -4.47. The molecule has 7 rings (SSSR count). The summed E-state index contributed by atoms with van der Waals surface area (Å²) in [7, 11) is -4.47. The van der Waals surface area contributed by atoms with E-state index in [0.717, 1.165) is 33.4 Å². The molecule has 0 amide bonds. The highest BCUT2D eigenvalue weighted by atomic mass is 31.2. The molecular formula is C49H51O10P. The van der Waals surface area contributed by atoms with Gasteiger partial charge in [-0.2, -0.15) is 0 Å². The Balaban J connectivity index is 1.27. The van der Waals surface area contributed by atoms with E-state index in [1.54, 1.807) is 0 Å². The Bertz CT molecular complexity index is 2090. The molecular weight excluding hydrogens is 780 g/mol. The fourth-order valence-corrected chi connectivity index (χ4v) is 8.02. The number of ether oxygens (including phenoxy) is 5. The van der Waals surface area contributed by atoms with Crippen molar-refractivity contribution in [1.82, 2.24) is 0 Å². The first-order valence-corrected chi connectivity index (χ1v) is 21.5. The number of phosphoric ester groups is 1. The summed E-state index contributed by atoms with van der Waals surface area (Å²) in [5, 5.41) is 11.0. The zero-order valence-corrected chi connectivity index (χ0v) is 34.2. The molecule has 10 nitrogen and oxygen atoms in total. The maximum absolute atomic E-state index is 15.0. The Morgan fingerprint density at radius 3 is 1.17 bits per heavy atom. The third kappa shape index (κ3) is 12.8. The Hall–Kier alpha value is -4.81. The maximum Gasteiger partial charge on any atom is 0.477 e. The molecule has 1 aliphatic rings. The molecule has 6 aromatic rings. The Labute approximate surface area is 352 Å². The van der Waals surface area contributed by atoms with E-state index in [0.29, 0.717) is 0 Å². The normalized spacial score (nSPS) is 19.8. The Kier molecular flexibility index (Phi) is 16.4. The van der Waals surface area contributed by atoms with E-state index in [9.17, 15) is 5.11 Å². The van der Waals surface area contributed by atoms with E-state index in [1.165, 1.54) is 0 Å². The van der Waals surface area contributed by atoms with Crippen molar-refractivity contribution in [1.29, 1.82) is 0 Å². The molecule has 0 aromatic heterocycles. The zero-order valence-electron chi connectivity index (χ0n) is 33.3. The molecule has 6 aromatic carbocycles. The van der Waals surface area contributed by atoms with Crippen LogP contribution in [0.25, 0.3) is 0 Å². The van der Waals surface area contributed by atoms with Gasteiger partial charge in [0.2, 0.25) is 0 Å². The van der Waals surface area contributed by atoms with Gasteiger partial charge in [0.25, 0.3) is 0 Å². The van der Waals surface area contributed by atoms with Crippen molar-refractivity contribution >= 4 is 7.82 Å². The molecule has 0 bridgehead atoms. The SMILES string of the molecule is O=P(OCc1ccccc1)(OCc1ccccc1)O[C@@H]1O[C@H]([C@@H](CO)OCc2ccccc2)[C@@H](OCc2ccccc2)[C@H](OCc2ccccc2)[C@@H]1OCc1ccccc1. The van der Waals surface area contributed by atoms with Crippen LogP contribution < -0.4 is 0 Å². The van der Waals surface area contributed by atoms with Crippen LogP contribution in [0.1, 0.15) is 33.4 Å². The summed E-state index contributed by atoms with van der Waals surface area (Å²) in [5.41, 5.74) is 5.12. The van der Waals surface area contributed by atoms with Crippen LogP contribution in [0.5, 0.6) is 0 Å². The van der Waals surface area contributed by atoms with E-state index in [4.69, 9.17) is 37.3 Å². The smallest absolute Gasteiger partial charge is 0.394 e. The van der Waals surface area contributed by atoms with Crippen LogP contribution in [0.3, 0.4) is 0 Å². The fourth-order valence-electron chi connectivity index (χ4n) is 6.79. The van der Waals surface area contributed by atoms with Gasteiger partial charge < -0.3 is 28.8 Å². The summed E-state index contributed by atoms with van der Waals surface area (Å²) in [6, 6.07) is 57.5. The van der Waals surface area contributed by atoms with Gasteiger partial charge in [-0.25, -0.2) is 4.57 Å². The second-order valence-electron chi connectivity index (χ2n) is 14.3. The average Bonchev–Trinajstić information content (AvgIpc) is 3.31. The van der Waals surface area contributed by atoms with Crippen molar-refractivity contribution in [3.63, 3.8) is 0 Å². The lowest BCUT2D eigenvalue weighted by molar-refractivity contribution is -0.324. The van der Waals surface area contributed by atoms with Gasteiger partial charge in [0, 0.05) is 0 Å². The number of benzene rings is 6. The Morgan fingerprint density at radius 2 is 0.783 bits per heavy atom. The van der Waals surface area contributed by atoms with E-state index in [1.807, 2.05) is 182 Å². The highest BCUT2D eigenvalue weighted by molar-refractivity contribution is 7.48. The number of hydrogen-bond donors (Lipinski definition) is 1. The molecule has 0 unspecified atom stereocenters. The molecule has 1 heterocycles. The standard InChI is InChI=1S/C49H51O10P/c50-31-44(52-32-38-19-7-1-8-20-38)45-46(53-33-39-21-9-2-10-22-39)47(54-34-40-23-11-3-12-24-40)48(55-35-41-25-13-4-14-26-41)49(58-45)59-60(51,56-36-42-27-15-5-16-28-42)57-37-43-29-17-6-18-30-43/h1-30,44-50H,31-37H2/t44-,45-,46-,47+,48+,49+/m1/s1. The summed E-state index contributed by atoms with van der Waals surface area (Å²) >= 11 is 0. The van der Waals surface area contributed by atoms with Crippen LogP contribution in [0.4, 0.5) is 0 Å². The fraction of sp³-hybridized carbons (Fsp3) is 0.265. The second kappa shape index (κ2) is 22.7. The van der Waals surface area contributed by atoms with E-state index in [2.05, 4.69) is 0 Å². The number of phosphoric acid groups is 1. The van der Waals surface area contributed by atoms with Gasteiger partial charge in [-0.15, -0.1) is 0 Å². The van der Waals surface area contributed by atoms with E-state index < -0.39 is 51.2 Å². The molecule has 1 N–H and O–H groups in total. The van der Waals surface area contributed by atoms with Crippen LogP contribution in [0.2, 0.25) is 0 Å². The van der Waals surface area contributed by atoms with Gasteiger partial charge in [-0.1, -0.05) is 182 Å². The van der Waals surface area contributed by atoms with Crippen molar-refractivity contribution in [3.05, 3.63) is 215 Å². The first kappa shape index (κ1) is 43.3. The third-order valence-electron chi connectivity index (χ3n) is 9.94. The predicted octanol–water partition coefficient (Wildman–Crippen LogP) is 9.60. The molecule has 312 valence electrons. The topological polar surface area (TPSA) is 111 Å². The molecule has 60 heavy (non-hydrogen) atoms. The van der Waals surface area contributed by atoms with Crippen LogP contribution in [0, 0.1) is 0 Å². The summed E-state index contributed by atoms with van der Waals surface area (Å²) in [4.78, 5) is 0. The lowest BCUT2D eigenvalue weighted by Gasteiger charge is -2.47. The number of aliphatic hydroxyl groups is 1. The summed E-state index contributed by atoms with van der Waals surface area (Å²) in [6.07, 6.45) is -6.28. The van der Waals surface area contributed by atoms with E-state index >= 15 is 4.57 Å². The van der Waals surface area contributed by atoms with Crippen molar-refractivity contribution in [3.8, 4) is 0 Å². The van der Waals surface area contributed by atoms with Crippen molar-refractivity contribution in [2.45, 2.75) is 76.5 Å². The molecule has 0 spiro atoms. The van der Waals surface area contributed by atoms with Crippen LogP contribution in [0.15, 0.2) is 182 Å². The van der Waals surface area contributed by atoms with Gasteiger partial charge in [-0.3, -0.25) is 13.6 Å². The average molecular weight is 831 g/mol. The van der Waals surface area contributed by atoms with Gasteiger partial charge >= 0.3 is 7.82 Å². The molecule has 1 saturated heterocycles. The number of hydrogen-bond acceptors (Lipinski definition) is 10.